The average Bonchev–Trinajstić information content (AvgIpc) is 3.56. The molecule has 0 fully saturated rings. The van der Waals surface area contributed by atoms with Gasteiger partial charge in [0.1, 0.15) is 5.76 Å². The SMILES string of the molecule is Cc1cccc(-n2c(SCC(=O)c3ccc(-c4ccc([N+](=O)[O-])cc4)o3)nnc2-c2ccccc2)c1. The van der Waals surface area contributed by atoms with E-state index < -0.39 is 4.92 Å². The van der Waals surface area contributed by atoms with Crippen LogP contribution >= 0.6 is 11.8 Å². The van der Waals surface area contributed by atoms with E-state index in [0.29, 0.717) is 22.3 Å². The van der Waals surface area contributed by atoms with E-state index in [1.165, 1.54) is 23.9 Å². The van der Waals surface area contributed by atoms with Crippen molar-refractivity contribution in [2.45, 2.75) is 12.1 Å². The van der Waals surface area contributed by atoms with Gasteiger partial charge < -0.3 is 4.42 Å². The summed E-state index contributed by atoms with van der Waals surface area (Å²) in [5.41, 5.74) is 3.57. The van der Waals surface area contributed by atoms with Gasteiger partial charge in [0.2, 0.25) is 5.78 Å². The van der Waals surface area contributed by atoms with Gasteiger partial charge in [-0.15, -0.1) is 10.2 Å². The Hall–Kier alpha value is -4.50. The topological polar surface area (TPSA) is 104 Å². The fourth-order valence-corrected chi connectivity index (χ4v) is 4.55. The number of furan rings is 1. The predicted molar refractivity (Wildman–Crippen MR) is 137 cm³/mol. The average molecular weight is 497 g/mol. The molecule has 0 aliphatic rings. The molecule has 0 atom stereocenters. The Labute approximate surface area is 210 Å². The standard InChI is InChI=1S/C27H20N4O4S/c1-18-6-5-9-22(16-18)30-26(20-7-3-2-4-8-20)28-29-27(30)36-17-23(32)25-15-14-24(35-25)19-10-12-21(13-11-19)31(33)34/h2-16H,17H2,1H3. The van der Waals surface area contributed by atoms with Gasteiger partial charge in [0.25, 0.3) is 5.69 Å². The molecule has 0 unspecified atom stereocenters. The lowest BCUT2D eigenvalue weighted by Crippen LogP contribution is -2.04. The number of non-ortho nitro benzene ring substituents is 1. The normalized spacial score (nSPS) is 10.9. The molecule has 0 N–H and O–H groups in total. The Kier molecular flexibility index (Phi) is 6.46. The molecular weight excluding hydrogens is 476 g/mol. The first-order valence-electron chi connectivity index (χ1n) is 11.1. The number of nitro groups is 1. The van der Waals surface area contributed by atoms with Gasteiger partial charge in [-0.05, 0) is 48.9 Å². The number of thioether (sulfide) groups is 1. The van der Waals surface area contributed by atoms with Crippen molar-refractivity contribution in [2.75, 3.05) is 5.75 Å². The molecule has 0 saturated carbocycles. The number of rotatable bonds is 8. The Balaban J connectivity index is 1.38. The molecule has 0 bridgehead atoms. The second-order valence-electron chi connectivity index (χ2n) is 8.03. The second-order valence-corrected chi connectivity index (χ2v) is 8.97. The summed E-state index contributed by atoms with van der Waals surface area (Å²) >= 11 is 1.28. The molecule has 0 spiro atoms. The maximum atomic E-state index is 12.9. The van der Waals surface area contributed by atoms with E-state index in [1.807, 2.05) is 66.1 Å². The number of Topliss-reactive ketones (excluding diaryl/α,β-unsaturated/α-hetero) is 1. The largest absolute Gasteiger partial charge is 0.453 e. The fourth-order valence-electron chi connectivity index (χ4n) is 3.73. The molecule has 2 aromatic heterocycles. The molecule has 3 aromatic carbocycles. The molecule has 178 valence electrons. The number of ketones is 1. The van der Waals surface area contributed by atoms with E-state index in [-0.39, 0.29) is 23.0 Å². The van der Waals surface area contributed by atoms with Crippen LogP contribution < -0.4 is 0 Å². The van der Waals surface area contributed by atoms with Crippen molar-refractivity contribution in [1.29, 1.82) is 0 Å². The van der Waals surface area contributed by atoms with Gasteiger partial charge in [0.05, 0.1) is 10.7 Å². The lowest BCUT2D eigenvalue weighted by atomic mass is 10.1. The van der Waals surface area contributed by atoms with Gasteiger partial charge in [0.15, 0.2) is 16.7 Å². The zero-order valence-corrected chi connectivity index (χ0v) is 20.0. The summed E-state index contributed by atoms with van der Waals surface area (Å²) in [6, 6.07) is 27.1. The minimum atomic E-state index is -0.462. The monoisotopic (exact) mass is 496 g/mol. The van der Waals surface area contributed by atoms with Gasteiger partial charge in [-0.2, -0.15) is 0 Å². The molecule has 0 saturated heterocycles. The third-order valence-electron chi connectivity index (χ3n) is 5.50. The number of hydrogen-bond donors (Lipinski definition) is 0. The summed E-state index contributed by atoms with van der Waals surface area (Å²) in [5.74, 6) is 1.27. The Bertz CT molecular complexity index is 1540. The smallest absolute Gasteiger partial charge is 0.269 e. The van der Waals surface area contributed by atoms with Crippen molar-refractivity contribution >= 4 is 23.2 Å². The zero-order chi connectivity index (χ0) is 25.1. The summed E-state index contributed by atoms with van der Waals surface area (Å²) in [6.07, 6.45) is 0. The number of aryl methyl sites for hydroxylation is 1. The molecule has 0 amide bonds. The molecule has 0 aliphatic carbocycles. The van der Waals surface area contributed by atoms with Crippen molar-refractivity contribution in [3.05, 3.63) is 112 Å². The minimum Gasteiger partial charge on any atom is -0.453 e. The number of aromatic nitrogens is 3. The summed E-state index contributed by atoms with van der Waals surface area (Å²) in [5, 5.41) is 20.3. The van der Waals surface area contributed by atoms with Crippen LogP contribution in [0.25, 0.3) is 28.4 Å². The van der Waals surface area contributed by atoms with Crippen molar-refractivity contribution in [2.24, 2.45) is 0 Å². The van der Waals surface area contributed by atoms with E-state index in [0.717, 1.165) is 16.8 Å². The maximum absolute atomic E-state index is 12.9. The van der Waals surface area contributed by atoms with Crippen LogP contribution in [0.3, 0.4) is 0 Å². The third kappa shape index (κ3) is 4.82. The first-order chi connectivity index (χ1) is 17.5. The third-order valence-corrected chi connectivity index (χ3v) is 6.43. The van der Waals surface area contributed by atoms with E-state index in [4.69, 9.17) is 4.42 Å². The summed E-state index contributed by atoms with van der Waals surface area (Å²) in [7, 11) is 0. The first kappa shape index (κ1) is 23.3. The van der Waals surface area contributed by atoms with Crippen LogP contribution in [0.4, 0.5) is 5.69 Å². The van der Waals surface area contributed by atoms with Crippen LogP contribution in [0.1, 0.15) is 16.1 Å². The highest BCUT2D eigenvalue weighted by atomic mass is 32.2. The highest BCUT2D eigenvalue weighted by Gasteiger charge is 2.19. The number of hydrogen-bond acceptors (Lipinski definition) is 7. The van der Waals surface area contributed by atoms with Crippen LogP contribution in [0.5, 0.6) is 0 Å². The zero-order valence-electron chi connectivity index (χ0n) is 19.2. The molecule has 8 nitrogen and oxygen atoms in total. The first-order valence-corrected chi connectivity index (χ1v) is 12.1. The van der Waals surface area contributed by atoms with Crippen LogP contribution in [0, 0.1) is 17.0 Å². The number of benzene rings is 3. The van der Waals surface area contributed by atoms with Crippen LogP contribution in [0.15, 0.2) is 101 Å². The van der Waals surface area contributed by atoms with Gasteiger partial charge >= 0.3 is 0 Å². The van der Waals surface area contributed by atoms with Gasteiger partial charge in [-0.1, -0.05) is 54.2 Å². The van der Waals surface area contributed by atoms with E-state index in [1.54, 1.807) is 24.3 Å². The molecule has 36 heavy (non-hydrogen) atoms. The predicted octanol–water partition coefficient (Wildman–Crippen LogP) is 6.39. The molecule has 9 heteroatoms. The lowest BCUT2D eigenvalue weighted by Gasteiger charge is -2.11. The number of carbonyl (C=O) groups excluding carboxylic acids is 1. The molecular formula is C27H20N4O4S. The van der Waals surface area contributed by atoms with Crippen LogP contribution in [-0.2, 0) is 0 Å². The summed E-state index contributed by atoms with van der Waals surface area (Å²) in [6.45, 7) is 2.02. The minimum absolute atomic E-state index is 0.00870. The molecule has 2 heterocycles. The number of nitrogens with zero attached hydrogens (tertiary/aromatic N) is 4. The molecule has 0 aliphatic heterocycles. The van der Waals surface area contributed by atoms with Crippen LogP contribution in [-0.4, -0.2) is 31.2 Å². The Morgan fingerprint density at radius 2 is 1.72 bits per heavy atom. The van der Waals surface area contributed by atoms with Crippen molar-refractivity contribution in [3.8, 4) is 28.4 Å². The lowest BCUT2D eigenvalue weighted by molar-refractivity contribution is -0.384. The highest BCUT2D eigenvalue weighted by molar-refractivity contribution is 7.99. The molecule has 5 rings (SSSR count). The quantitative estimate of drug-likeness (QED) is 0.106. The van der Waals surface area contributed by atoms with Gasteiger partial charge in [0, 0.05) is 28.9 Å². The molecule has 0 radical (unpaired) electrons. The van der Waals surface area contributed by atoms with Gasteiger partial charge in [-0.3, -0.25) is 19.5 Å². The maximum Gasteiger partial charge on any atom is 0.269 e. The van der Waals surface area contributed by atoms with Crippen molar-refractivity contribution < 1.29 is 14.1 Å². The second kappa shape index (κ2) is 10.0. The van der Waals surface area contributed by atoms with Crippen LogP contribution in [0.2, 0.25) is 0 Å². The fraction of sp³-hybridized carbons (Fsp3) is 0.0741. The highest BCUT2D eigenvalue weighted by Crippen LogP contribution is 2.30. The molecule has 5 aromatic rings. The van der Waals surface area contributed by atoms with E-state index in [2.05, 4.69) is 10.2 Å². The summed E-state index contributed by atoms with van der Waals surface area (Å²) in [4.78, 5) is 23.3. The Morgan fingerprint density at radius 1 is 0.944 bits per heavy atom. The van der Waals surface area contributed by atoms with Crippen molar-refractivity contribution in [1.82, 2.24) is 14.8 Å². The number of carbonyl (C=O) groups is 1. The van der Waals surface area contributed by atoms with E-state index >= 15 is 0 Å². The van der Waals surface area contributed by atoms with E-state index in [9.17, 15) is 14.9 Å². The van der Waals surface area contributed by atoms with Gasteiger partial charge in [-0.25, -0.2) is 0 Å². The van der Waals surface area contributed by atoms with Crippen molar-refractivity contribution in [3.63, 3.8) is 0 Å². The summed E-state index contributed by atoms with van der Waals surface area (Å²) < 4.78 is 7.70. The Morgan fingerprint density at radius 3 is 2.44 bits per heavy atom. The number of nitro benzene ring substituents is 1.